The average molecular weight is 477 g/mol. The number of imidazole rings is 1. The van der Waals surface area contributed by atoms with Crippen LogP contribution < -0.4 is 10.6 Å². The van der Waals surface area contributed by atoms with Gasteiger partial charge in [-0.25, -0.2) is 14.8 Å². The number of amides is 2. The number of carbonyl (C=O) groups is 1. The number of amidine groups is 1. The van der Waals surface area contributed by atoms with Crippen LogP contribution >= 0.6 is 11.8 Å². The number of fused-ring (bicyclic) bond motifs is 1. The first-order valence-electron chi connectivity index (χ1n) is 11.0. The Morgan fingerprint density at radius 1 is 1.35 bits per heavy atom. The normalized spacial score (nSPS) is 14.3. The van der Waals surface area contributed by atoms with Gasteiger partial charge in [-0.2, -0.15) is 4.99 Å². The molecular formula is C24H28N8OS. The summed E-state index contributed by atoms with van der Waals surface area (Å²) in [5, 5.41) is 7.12. The largest absolute Gasteiger partial charge is 0.378 e. The van der Waals surface area contributed by atoms with E-state index in [-0.39, 0.29) is 11.2 Å². The monoisotopic (exact) mass is 476 g/mol. The highest BCUT2D eigenvalue weighted by Gasteiger charge is 2.19. The number of hydrogen-bond donors (Lipinski definition) is 2. The molecule has 10 heteroatoms. The third-order valence-electron chi connectivity index (χ3n) is 6.00. The topological polar surface area (TPSA) is 116 Å². The number of benzene rings is 1. The summed E-state index contributed by atoms with van der Waals surface area (Å²) in [7, 11) is 4.01. The van der Waals surface area contributed by atoms with Gasteiger partial charge in [0.05, 0.1) is 23.6 Å². The third kappa shape index (κ3) is 4.81. The number of pyridine rings is 1. The molecule has 0 bridgehead atoms. The van der Waals surface area contributed by atoms with Crippen molar-refractivity contribution in [2.75, 3.05) is 25.0 Å². The molecule has 0 aliphatic carbocycles. The van der Waals surface area contributed by atoms with E-state index < -0.39 is 0 Å². The Balaban J connectivity index is 1.53. The van der Waals surface area contributed by atoms with Crippen molar-refractivity contribution in [1.82, 2.24) is 19.4 Å². The number of hydrogen-bond acceptors (Lipinski definition) is 6. The van der Waals surface area contributed by atoms with Gasteiger partial charge in [0.1, 0.15) is 11.3 Å². The molecule has 0 saturated heterocycles. The molecule has 1 aromatic carbocycles. The van der Waals surface area contributed by atoms with Gasteiger partial charge < -0.3 is 25.5 Å². The van der Waals surface area contributed by atoms with Crippen LogP contribution in [-0.2, 0) is 13.5 Å². The summed E-state index contributed by atoms with van der Waals surface area (Å²) < 4.78 is 1.99. The fourth-order valence-electron chi connectivity index (χ4n) is 4.08. The number of aliphatic imine (C=N–C) groups is 1. The molecule has 3 N–H and O–H groups in total. The molecule has 34 heavy (non-hydrogen) atoms. The van der Waals surface area contributed by atoms with E-state index >= 15 is 0 Å². The van der Waals surface area contributed by atoms with Gasteiger partial charge in [0, 0.05) is 38.9 Å². The molecule has 4 rings (SSSR count). The summed E-state index contributed by atoms with van der Waals surface area (Å²) in [5.41, 5.74) is 13.3. The van der Waals surface area contributed by atoms with E-state index in [0.717, 1.165) is 52.7 Å². The zero-order chi connectivity index (χ0) is 24.2. The van der Waals surface area contributed by atoms with Crippen LogP contribution in [0.1, 0.15) is 24.5 Å². The highest BCUT2D eigenvalue weighted by Crippen LogP contribution is 2.32. The Bertz CT molecular complexity index is 1300. The van der Waals surface area contributed by atoms with Crippen LogP contribution in [-0.4, -0.2) is 56.3 Å². The van der Waals surface area contributed by atoms with E-state index in [4.69, 9.17) is 11.1 Å². The fourth-order valence-corrected chi connectivity index (χ4v) is 4.33. The molecule has 3 aromatic rings. The summed E-state index contributed by atoms with van der Waals surface area (Å²) in [6.45, 7) is 3.21. The van der Waals surface area contributed by atoms with E-state index in [0.29, 0.717) is 13.1 Å². The number of aromatic nitrogens is 3. The zero-order valence-electron chi connectivity index (χ0n) is 19.5. The van der Waals surface area contributed by atoms with Crippen molar-refractivity contribution in [3.05, 3.63) is 54.0 Å². The minimum absolute atomic E-state index is 0.0825. The first-order valence-corrected chi connectivity index (χ1v) is 11.9. The van der Waals surface area contributed by atoms with E-state index in [1.165, 1.54) is 16.7 Å². The van der Waals surface area contributed by atoms with Crippen LogP contribution in [0.15, 0.2) is 47.9 Å². The molecule has 2 amide bonds. The maximum absolute atomic E-state index is 12.3. The molecular weight excluding hydrogens is 448 g/mol. The Hall–Kier alpha value is -3.66. The number of urea groups is 1. The van der Waals surface area contributed by atoms with Crippen molar-refractivity contribution in [2.24, 2.45) is 17.8 Å². The Morgan fingerprint density at radius 3 is 2.88 bits per heavy atom. The van der Waals surface area contributed by atoms with Gasteiger partial charge in [-0.05, 0) is 53.4 Å². The second kappa shape index (κ2) is 10.1. The van der Waals surface area contributed by atoms with Gasteiger partial charge in [0.2, 0.25) is 0 Å². The number of rotatable bonds is 5. The van der Waals surface area contributed by atoms with E-state index in [9.17, 15) is 4.79 Å². The van der Waals surface area contributed by atoms with Gasteiger partial charge in [0.25, 0.3) is 0 Å². The summed E-state index contributed by atoms with van der Waals surface area (Å²) in [5.74, 6) is 0.866. The van der Waals surface area contributed by atoms with Gasteiger partial charge >= 0.3 is 6.03 Å². The maximum Gasteiger partial charge on any atom is 0.346 e. The third-order valence-corrected chi connectivity index (χ3v) is 6.45. The van der Waals surface area contributed by atoms with E-state index in [1.807, 2.05) is 24.9 Å². The van der Waals surface area contributed by atoms with Crippen molar-refractivity contribution in [1.29, 1.82) is 5.41 Å². The van der Waals surface area contributed by atoms with Crippen molar-refractivity contribution in [2.45, 2.75) is 19.8 Å². The first-order chi connectivity index (χ1) is 16.4. The van der Waals surface area contributed by atoms with Crippen LogP contribution in [0.25, 0.3) is 16.6 Å². The molecule has 0 radical (unpaired) electrons. The highest BCUT2D eigenvalue weighted by atomic mass is 32.2. The van der Waals surface area contributed by atoms with E-state index in [2.05, 4.69) is 57.1 Å². The number of thioether (sulfide) groups is 1. The summed E-state index contributed by atoms with van der Waals surface area (Å²) >= 11 is 0.922. The van der Waals surface area contributed by atoms with Gasteiger partial charge in [0.15, 0.2) is 5.17 Å². The van der Waals surface area contributed by atoms with Crippen molar-refractivity contribution in [3.8, 4) is 0 Å². The number of anilines is 2. The van der Waals surface area contributed by atoms with E-state index in [1.54, 1.807) is 11.2 Å². The van der Waals surface area contributed by atoms with Gasteiger partial charge in [-0.1, -0.05) is 19.1 Å². The fraction of sp³-hybridized carbons (Fsp3) is 0.292. The molecule has 0 saturated carbocycles. The predicted molar refractivity (Wildman–Crippen MR) is 140 cm³/mol. The molecule has 176 valence electrons. The summed E-state index contributed by atoms with van der Waals surface area (Å²) in [4.78, 5) is 28.9. The lowest BCUT2D eigenvalue weighted by molar-refractivity contribution is 0.213. The van der Waals surface area contributed by atoms with Crippen LogP contribution in [0.5, 0.6) is 0 Å². The molecule has 0 spiro atoms. The van der Waals surface area contributed by atoms with Crippen LogP contribution in [0.4, 0.5) is 16.3 Å². The molecule has 0 atom stereocenters. The maximum atomic E-state index is 12.3. The second-order valence-corrected chi connectivity index (χ2v) is 8.93. The standard InChI is InChI=1S/C24H28N8OS/c1-4-16-11-18(17-7-9-32(10-8-17)24(33)29-23(26)34-14-25)5-6-20(16)31(3)22-12-21-19(13-27-22)28-15-30(21)2/h5-7,11-15,25H,4,8-10H2,1-3H3,(H2,26,29,33). The SMILES string of the molecule is CCc1cc(C2=CCN(C(=O)/N=C(/N)SC=N)CC2)ccc1N(C)c1cc2c(cn1)ncn2C. The predicted octanol–water partition coefficient (Wildman–Crippen LogP) is 4.16. The average Bonchev–Trinajstić information content (AvgIpc) is 3.23. The van der Waals surface area contributed by atoms with Crippen molar-refractivity contribution < 1.29 is 4.79 Å². The van der Waals surface area contributed by atoms with Crippen molar-refractivity contribution >= 4 is 56.6 Å². The Morgan fingerprint density at radius 2 is 2.18 bits per heavy atom. The number of carbonyl (C=O) groups excluding carboxylic acids is 1. The molecule has 3 heterocycles. The smallest absolute Gasteiger partial charge is 0.346 e. The van der Waals surface area contributed by atoms with Crippen LogP contribution in [0, 0.1) is 5.41 Å². The Kier molecular flexibility index (Phi) is 6.97. The Labute approximate surface area is 202 Å². The number of nitrogens with zero attached hydrogens (tertiary/aromatic N) is 6. The number of aryl methyl sites for hydroxylation is 2. The summed E-state index contributed by atoms with van der Waals surface area (Å²) in [6.07, 6.45) is 7.31. The lowest BCUT2D eigenvalue weighted by atomic mass is 9.96. The number of nitrogens with one attached hydrogen (secondary N) is 1. The second-order valence-electron chi connectivity index (χ2n) is 8.04. The minimum Gasteiger partial charge on any atom is -0.378 e. The molecule has 1 aliphatic heterocycles. The van der Waals surface area contributed by atoms with Crippen LogP contribution in [0.2, 0.25) is 0 Å². The van der Waals surface area contributed by atoms with Gasteiger partial charge in [-0.3, -0.25) is 0 Å². The first kappa shape index (κ1) is 23.5. The molecule has 9 nitrogen and oxygen atoms in total. The summed E-state index contributed by atoms with van der Waals surface area (Å²) in [6, 6.07) is 8.19. The zero-order valence-corrected chi connectivity index (χ0v) is 20.3. The lowest BCUT2D eigenvalue weighted by Crippen LogP contribution is -2.33. The molecule has 0 fully saturated rings. The highest BCUT2D eigenvalue weighted by molar-refractivity contribution is 8.24. The minimum atomic E-state index is -0.369. The molecule has 2 aromatic heterocycles. The molecule has 0 unspecified atom stereocenters. The quantitative estimate of drug-likeness (QED) is 0.422. The lowest BCUT2D eigenvalue weighted by Gasteiger charge is -2.26. The van der Waals surface area contributed by atoms with Crippen LogP contribution in [0.3, 0.4) is 0 Å². The molecule has 1 aliphatic rings. The number of nitrogens with two attached hydrogens (primary N) is 1. The van der Waals surface area contributed by atoms with Crippen molar-refractivity contribution in [3.63, 3.8) is 0 Å². The van der Waals surface area contributed by atoms with Gasteiger partial charge in [-0.15, -0.1) is 0 Å².